The fourth-order valence-electron chi connectivity index (χ4n) is 3.85. The Morgan fingerprint density at radius 1 is 1.24 bits per heavy atom. The van der Waals surface area contributed by atoms with Gasteiger partial charge in [-0.25, -0.2) is 4.98 Å². The van der Waals surface area contributed by atoms with Crippen LogP contribution in [0, 0.1) is 17.0 Å². The van der Waals surface area contributed by atoms with E-state index in [0.717, 1.165) is 16.9 Å². The molecule has 0 bridgehead atoms. The van der Waals surface area contributed by atoms with Gasteiger partial charge in [0, 0.05) is 30.2 Å². The highest BCUT2D eigenvalue weighted by Gasteiger charge is 2.36. The first kappa shape index (κ1) is 25.7. The van der Waals surface area contributed by atoms with Crippen molar-refractivity contribution < 1.29 is 27.7 Å². The summed E-state index contributed by atoms with van der Waals surface area (Å²) in [6.45, 7) is 5.55. The number of rotatable bonds is 7. The lowest BCUT2D eigenvalue weighted by Gasteiger charge is -2.12. The Morgan fingerprint density at radius 3 is 2.49 bits per heavy atom. The minimum absolute atomic E-state index is 0.00655. The zero-order chi connectivity index (χ0) is 27.2. The minimum atomic E-state index is -4.81. The van der Waals surface area contributed by atoms with Crippen LogP contribution in [-0.4, -0.2) is 41.3 Å². The summed E-state index contributed by atoms with van der Waals surface area (Å²) in [6.07, 6.45) is -2.37. The van der Waals surface area contributed by atoms with Crippen molar-refractivity contribution in [1.82, 2.24) is 24.5 Å². The summed E-state index contributed by atoms with van der Waals surface area (Å²) in [5, 5.41) is 22.0. The molecule has 4 rings (SSSR count). The second-order valence-corrected chi connectivity index (χ2v) is 8.79. The first-order chi connectivity index (χ1) is 17.4. The Morgan fingerprint density at radius 2 is 1.95 bits per heavy atom. The van der Waals surface area contributed by atoms with Gasteiger partial charge in [-0.3, -0.25) is 29.1 Å². The molecule has 0 spiro atoms. The Labute approximate surface area is 210 Å². The molecular weight excluding hydrogens is 517 g/mol. The van der Waals surface area contributed by atoms with E-state index in [1.165, 1.54) is 10.9 Å². The average molecular weight is 536 g/mol. The number of alkyl halides is 3. The van der Waals surface area contributed by atoms with Crippen LogP contribution in [0.25, 0.3) is 21.3 Å². The van der Waals surface area contributed by atoms with Crippen LogP contribution in [0.1, 0.15) is 45.4 Å². The van der Waals surface area contributed by atoms with Crippen LogP contribution in [0.5, 0.6) is 0 Å². The van der Waals surface area contributed by atoms with Gasteiger partial charge in [0.15, 0.2) is 0 Å². The number of primary amides is 1. The number of hydrogen-bond donors (Lipinski definition) is 2. The average Bonchev–Trinajstić information content (AvgIpc) is 3.52. The van der Waals surface area contributed by atoms with E-state index in [9.17, 15) is 32.9 Å². The maximum Gasteiger partial charge on any atom is 0.433 e. The fourth-order valence-corrected chi connectivity index (χ4v) is 4.86. The molecule has 16 heteroatoms. The molecule has 37 heavy (non-hydrogen) atoms. The molecule has 2 amide bonds. The van der Waals surface area contributed by atoms with E-state index >= 15 is 0 Å². The van der Waals surface area contributed by atoms with E-state index in [1.54, 1.807) is 20.8 Å². The van der Waals surface area contributed by atoms with Gasteiger partial charge >= 0.3 is 11.9 Å². The number of aromatic nitrogens is 5. The third kappa shape index (κ3) is 4.50. The van der Waals surface area contributed by atoms with Crippen molar-refractivity contribution >= 4 is 44.7 Å². The number of nitrogens with two attached hydrogens (primary N) is 1. The zero-order valence-electron chi connectivity index (χ0n) is 19.6. The third-order valence-electron chi connectivity index (χ3n) is 5.51. The van der Waals surface area contributed by atoms with Gasteiger partial charge < -0.3 is 11.1 Å². The summed E-state index contributed by atoms with van der Waals surface area (Å²) < 4.78 is 43.8. The molecule has 0 aromatic carbocycles. The lowest BCUT2D eigenvalue weighted by molar-refractivity contribution is -0.385. The normalized spacial score (nSPS) is 11.7. The number of anilines is 1. The van der Waals surface area contributed by atoms with E-state index in [4.69, 9.17) is 5.73 Å². The van der Waals surface area contributed by atoms with E-state index in [-0.39, 0.29) is 32.9 Å². The molecule has 0 aliphatic rings. The van der Waals surface area contributed by atoms with Crippen molar-refractivity contribution in [3.05, 3.63) is 50.5 Å². The molecular formula is C21H19F3N8O4S. The summed E-state index contributed by atoms with van der Waals surface area (Å²) in [4.78, 5) is 39.4. The van der Waals surface area contributed by atoms with Crippen LogP contribution in [0.2, 0.25) is 0 Å². The molecule has 4 aromatic heterocycles. The van der Waals surface area contributed by atoms with Crippen LogP contribution in [0.4, 0.5) is 24.5 Å². The van der Waals surface area contributed by atoms with Gasteiger partial charge in [0.1, 0.15) is 21.6 Å². The van der Waals surface area contributed by atoms with E-state index in [1.807, 2.05) is 0 Å². The lowest BCUT2D eigenvalue weighted by atomic mass is 10.0. The molecule has 4 heterocycles. The molecule has 0 unspecified atom stereocenters. The molecule has 3 N–H and O–H groups in total. The minimum Gasteiger partial charge on any atom is -0.365 e. The Kier molecular flexibility index (Phi) is 6.45. The van der Waals surface area contributed by atoms with Gasteiger partial charge in [-0.2, -0.15) is 23.4 Å². The number of fused-ring (bicyclic) bond motifs is 1. The van der Waals surface area contributed by atoms with E-state index in [2.05, 4.69) is 20.5 Å². The highest BCUT2D eigenvalue weighted by Crippen LogP contribution is 2.44. The van der Waals surface area contributed by atoms with E-state index in [0.29, 0.717) is 29.1 Å². The Hall–Kier alpha value is -4.34. The number of carbonyl (C=O) groups excluding carboxylic acids is 2. The quantitative estimate of drug-likeness (QED) is 0.266. The van der Waals surface area contributed by atoms with Gasteiger partial charge in [-0.1, -0.05) is 0 Å². The van der Waals surface area contributed by atoms with Crippen molar-refractivity contribution in [1.29, 1.82) is 0 Å². The van der Waals surface area contributed by atoms with E-state index < -0.39 is 40.0 Å². The summed E-state index contributed by atoms with van der Waals surface area (Å²) in [5.41, 5.74) is 3.80. The number of amides is 2. The van der Waals surface area contributed by atoms with Crippen LogP contribution < -0.4 is 11.1 Å². The fraction of sp³-hybridized carbons (Fsp3) is 0.286. The number of hydrogen-bond acceptors (Lipinski definition) is 8. The standard InChI is InChI=1S/C21H19F3N8O4S/c1-4-30-8-11(9(3)29-30)10-6-13(21(22,23)24)27-20-14(10)15(17(37-20)18(25)33)28-19(34)16-12(32(35)36)7-26-31(16)5-2/h6-8H,4-5H2,1-3H3,(H2,25,33)(H,28,34). The van der Waals surface area contributed by atoms with Gasteiger partial charge in [0.2, 0.25) is 5.69 Å². The maximum atomic E-state index is 13.7. The Bertz CT molecular complexity index is 1570. The topological polar surface area (TPSA) is 164 Å². The molecule has 4 aromatic rings. The third-order valence-corrected chi connectivity index (χ3v) is 6.60. The Balaban J connectivity index is 2.02. The molecule has 0 atom stereocenters. The smallest absolute Gasteiger partial charge is 0.365 e. The van der Waals surface area contributed by atoms with Crippen molar-refractivity contribution in [2.75, 3.05) is 5.32 Å². The molecule has 0 aliphatic carbocycles. The molecule has 0 fully saturated rings. The number of thiophene rings is 1. The number of nitro groups is 1. The van der Waals surface area contributed by atoms with Gasteiger partial charge in [0.25, 0.3) is 11.8 Å². The summed E-state index contributed by atoms with van der Waals surface area (Å²) >= 11 is 0.565. The highest BCUT2D eigenvalue weighted by atomic mass is 32.1. The number of pyridine rings is 1. The predicted molar refractivity (Wildman–Crippen MR) is 127 cm³/mol. The molecule has 194 valence electrons. The lowest BCUT2D eigenvalue weighted by Crippen LogP contribution is -2.21. The number of halogens is 3. The molecule has 12 nitrogen and oxygen atoms in total. The largest absolute Gasteiger partial charge is 0.433 e. The predicted octanol–water partition coefficient (Wildman–Crippen LogP) is 3.98. The summed E-state index contributed by atoms with van der Waals surface area (Å²) in [6, 6.07) is 0.804. The number of nitrogens with one attached hydrogen (secondary N) is 1. The SMILES string of the molecule is CCn1cc(-c2cc(C(F)(F)F)nc3sc(C(N)=O)c(NC(=O)c4c([N+](=O)[O-])cnn4CC)c23)c(C)n1. The van der Waals surface area contributed by atoms with Crippen molar-refractivity contribution in [3.63, 3.8) is 0 Å². The number of nitrogens with zero attached hydrogens (tertiary/aromatic N) is 6. The first-order valence-electron chi connectivity index (χ1n) is 10.8. The van der Waals surface area contributed by atoms with Crippen LogP contribution in [-0.2, 0) is 19.3 Å². The van der Waals surface area contributed by atoms with Crippen LogP contribution in [0.3, 0.4) is 0 Å². The second kappa shape index (κ2) is 9.27. The van der Waals surface area contributed by atoms with Gasteiger partial charge in [-0.05, 0) is 32.4 Å². The second-order valence-electron chi connectivity index (χ2n) is 7.79. The molecule has 0 radical (unpaired) electrons. The van der Waals surface area contributed by atoms with Crippen LogP contribution in [0.15, 0.2) is 18.5 Å². The monoisotopic (exact) mass is 536 g/mol. The van der Waals surface area contributed by atoms with Crippen molar-refractivity contribution in [3.8, 4) is 11.1 Å². The molecule has 0 aliphatic heterocycles. The zero-order valence-corrected chi connectivity index (χ0v) is 20.4. The van der Waals surface area contributed by atoms with Crippen LogP contribution >= 0.6 is 11.3 Å². The van der Waals surface area contributed by atoms with Gasteiger partial charge in [0.05, 0.1) is 16.3 Å². The summed E-state index contributed by atoms with van der Waals surface area (Å²) in [5.74, 6) is -2.03. The number of aryl methyl sites for hydroxylation is 3. The molecule has 0 saturated carbocycles. The maximum absolute atomic E-state index is 13.7. The summed E-state index contributed by atoms with van der Waals surface area (Å²) in [7, 11) is 0. The highest BCUT2D eigenvalue weighted by molar-refractivity contribution is 7.21. The van der Waals surface area contributed by atoms with Crippen molar-refractivity contribution in [2.45, 2.75) is 40.0 Å². The molecule has 0 saturated heterocycles. The van der Waals surface area contributed by atoms with Crippen molar-refractivity contribution in [2.24, 2.45) is 5.73 Å². The first-order valence-corrected chi connectivity index (χ1v) is 11.6. The number of carbonyl (C=O) groups is 2. The van der Waals surface area contributed by atoms with Gasteiger partial charge in [-0.15, -0.1) is 11.3 Å².